The maximum atomic E-state index is 13.1. The summed E-state index contributed by atoms with van der Waals surface area (Å²) in [5.41, 5.74) is 0.774. The van der Waals surface area contributed by atoms with Crippen LogP contribution in [-0.4, -0.2) is 28.9 Å². The van der Waals surface area contributed by atoms with Gasteiger partial charge in [0.2, 0.25) is 0 Å². The molecule has 1 saturated heterocycles. The van der Waals surface area contributed by atoms with Crippen molar-refractivity contribution in [2.24, 2.45) is 34.5 Å². The molecule has 3 heteroatoms. The van der Waals surface area contributed by atoms with Crippen molar-refractivity contribution in [3.05, 3.63) is 0 Å². The molecule has 0 N–H and O–H groups in total. The lowest BCUT2D eigenvalue weighted by molar-refractivity contribution is -0.128. The van der Waals surface area contributed by atoms with Crippen LogP contribution in [0, 0.1) is 34.5 Å². The van der Waals surface area contributed by atoms with Crippen LogP contribution in [0.25, 0.3) is 0 Å². The molecule has 3 bridgehead atoms. The molecule has 5 aliphatic rings. The minimum atomic E-state index is 0.118. The Morgan fingerprint density at radius 3 is 3.00 bits per heavy atom. The van der Waals surface area contributed by atoms with Gasteiger partial charge in [-0.2, -0.15) is 0 Å². The number of hydrogen-bond donors (Lipinski definition) is 0. The van der Waals surface area contributed by atoms with E-state index in [1.807, 2.05) is 11.9 Å². The second kappa shape index (κ2) is 4.75. The molecule has 4 aliphatic carbocycles. The Labute approximate surface area is 138 Å². The van der Waals surface area contributed by atoms with E-state index in [9.17, 15) is 4.79 Å². The van der Waals surface area contributed by atoms with E-state index in [4.69, 9.17) is 0 Å². The summed E-state index contributed by atoms with van der Waals surface area (Å²) < 4.78 is 2.48. The highest BCUT2D eigenvalue weighted by molar-refractivity contribution is 7.97. The molecule has 0 amide bonds. The third-order valence-electron chi connectivity index (χ3n) is 8.06. The molecular formula is C19H29NOS. The molecule has 0 aromatic carbocycles. The van der Waals surface area contributed by atoms with E-state index in [1.54, 1.807) is 0 Å². The second-order valence-corrected chi connectivity index (χ2v) is 10.4. The van der Waals surface area contributed by atoms with Crippen LogP contribution in [0.5, 0.6) is 0 Å². The summed E-state index contributed by atoms with van der Waals surface area (Å²) in [4.78, 5) is 13.1. The van der Waals surface area contributed by atoms with Crippen LogP contribution in [0.2, 0.25) is 0 Å². The Bertz CT molecular complexity index is 504. The molecule has 1 spiro atoms. The summed E-state index contributed by atoms with van der Waals surface area (Å²) in [7, 11) is 0. The Morgan fingerprint density at radius 1 is 1.23 bits per heavy atom. The van der Waals surface area contributed by atoms with Gasteiger partial charge in [0, 0.05) is 18.5 Å². The fraction of sp³-hybridized carbons (Fsp3) is 0.947. The average Bonchev–Trinajstić information content (AvgIpc) is 2.81. The summed E-state index contributed by atoms with van der Waals surface area (Å²) in [6.45, 7) is 4.72. The number of ketones is 1. The molecule has 122 valence electrons. The molecule has 0 aromatic rings. The van der Waals surface area contributed by atoms with Gasteiger partial charge in [0.1, 0.15) is 5.78 Å². The zero-order valence-corrected chi connectivity index (χ0v) is 14.7. The van der Waals surface area contributed by atoms with E-state index in [2.05, 4.69) is 11.2 Å². The van der Waals surface area contributed by atoms with E-state index in [1.165, 1.54) is 64.5 Å². The van der Waals surface area contributed by atoms with Crippen LogP contribution in [0.1, 0.15) is 58.3 Å². The predicted molar refractivity (Wildman–Crippen MR) is 90.5 cm³/mol. The summed E-state index contributed by atoms with van der Waals surface area (Å²) in [6, 6.07) is 0. The second-order valence-electron chi connectivity index (χ2n) is 9.37. The summed E-state index contributed by atoms with van der Waals surface area (Å²) in [5, 5.41) is 0. The summed E-state index contributed by atoms with van der Waals surface area (Å²) >= 11 is 1.85. The zero-order valence-electron chi connectivity index (χ0n) is 13.9. The largest absolute Gasteiger partial charge is 0.298 e. The van der Waals surface area contributed by atoms with Crippen molar-refractivity contribution >= 4 is 17.7 Å². The lowest BCUT2D eigenvalue weighted by atomic mass is 9.55. The van der Waals surface area contributed by atoms with Crippen LogP contribution in [0.3, 0.4) is 0 Å². The first-order valence-electron chi connectivity index (χ1n) is 9.51. The SMILES string of the molecule is CC1CCCN(SCC(=O)C23CC4CC5CC(C2)C5(C4)C3)C1. The van der Waals surface area contributed by atoms with Crippen LogP contribution < -0.4 is 0 Å². The zero-order chi connectivity index (χ0) is 14.9. The number of hydrogen-bond acceptors (Lipinski definition) is 3. The van der Waals surface area contributed by atoms with Crippen molar-refractivity contribution < 1.29 is 4.79 Å². The van der Waals surface area contributed by atoms with Crippen molar-refractivity contribution in [1.29, 1.82) is 0 Å². The molecule has 0 radical (unpaired) electrons. The molecular weight excluding hydrogens is 290 g/mol. The number of nitrogens with zero attached hydrogens (tertiary/aromatic N) is 1. The maximum Gasteiger partial charge on any atom is 0.150 e. The maximum absolute atomic E-state index is 13.1. The average molecular weight is 320 g/mol. The molecule has 6 unspecified atom stereocenters. The number of rotatable bonds is 4. The van der Waals surface area contributed by atoms with Crippen LogP contribution in [-0.2, 0) is 4.79 Å². The molecule has 1 aliphatic heterocycles. The Morgan fingerprint density at radius 2 is 2.14 bits per heavy atom. The minimum Gasteiger partial charge on any atom is -0.298 e. The topological polar surface area (TPSA) is 20.3 Å². The normalized spacial score (nSPS) is 52.6. The number of piperidine rings is 1. The van der Waals surface area contributed by atoms with Gasteiger partial charge in [0.25, 0.3) is 0 Å². The first-order valence-corrected chi connectivity index (χ1v) is 10.5. The van der Waals surface area contributed by atoms with Crippen molar-refractivity contribution in [3.8, 4) is 0 Å². The highest BCUT2D eigenvalue weighted by Gasteiger charge is 2.72. The number of fused-ring (bicyclic) bond motifs is 2. The smallest absolute Gasteiger partial charge is 0.150 e. The molecule has 5 rings (SSSR count). The van der Waals surface area contributed by atoms with Gasteiger partial charge in [-0.05, 0) is 80.5 Å². The van der Waals surface area contributed by atoms with Gasteiger partial charge in [0.15, 0.2) is 0 Å². The first-order chi connectivity index (χ1) is 10.6. The summed E-state index contributed by atoms with van der Waals surface area (Å²) in [6.07, 6.45) is 10.9. The monoisotopic (exact) mass is 319 g/mol. The lowest BCUT2D eigenvalue weighted by Gasteiger charge is -2.49. The summed E-state index contributed by atoms with van der Waals surface area (Å²) in [5.74, 6) is 5.02. The standard InChI is InChI=1S/C19H29NOS/c1-13-3-2-4-20(10-13)22-11-17(21)18-7-14-5-15-6-16(9-18)19(15,8-14)12-18/h13-16H,2-12H2,1H3. The number of carbonyl (C=O) groups excluding carboxylic acids is 1. The van der Waals surface area contributed by atoms with Crippen molar-refractivity contribution in [3.63, 3.8) is 0 Å². The molecule has 22 heavy (non-hydrogen) atoms. The van der Waals surface area contributed by atoms with E-state index in [0.29, 0.717) is 11.2 Å². The highest BCUT2D eigenvalue weighted by atomic mass is 32.2. The molecule has 5 fully saturated rings. The van der Waals surface area contributed by atoms with Crippen LogP contribution >= 0.6 is 11.9 Å². The van der Waals surface area contributed by atoms with Crippen molar-refractivity contribution in [2.45, 2.75) is 58.3 Å². The number of Topliss-reactive ketones (excluding diaryl/α,β-unsaturated/α-hetero) is 1. The molecule has 0 aromatic heterocycles. The molecule has 2 nitrogen and oxygen atoms in total. The van der Waals surface area contributed by atoms with Gasteiger partial charge >= 0.3 is 0 Å². The van der Waals surface area contributed by atoms with E-state index in [-0.39, 0.29) is 5.41 Å². The Kier molecular flexibility index (Phi) is 3.10. The van der Waals surface area contributed by atoms with Gasteiger partial charge in [-0.25, -0.2) is 4.31 Å². The fourth-order valence-corrected chi connectivity index (χ4v) is 8.47. The molecule has 4 saturated carbocycles. The van der Waals surface area contributed by atoms with Gasteiger partial charge in [-0.15, -0.1) is 0 Å². The van der Waals surface area contributed by atoms with E-state index in [0.717, 1.165) is 29.4 Å². The van der Waals surface area contributed by atoms with E-state index < -0.39 is 0 Å². The lowest BCUT2D eigenvalue weighted by Crippen LogP contribution is -2.42. The Hall–Kier alpha value is -0.0200. The third kappa shape index (κ3) is 1.87. The Balaban J connectivity index is 1.26. The van der Waals surface area contributed by atoms with Gasteiger partial charge in [0.05, 0.1) is 5.75 Å². The van der Waals surface area contributed by atoms with Gasteiger partial charge in [-0.3, -0.25) is 4.79 Å². The van der Waals surface area contributed by atoms with E-state index >= 15 is 0 Å². The highest BCUT2D eigenvalue weighted by Crippen LogP contribution is 2.79. The van der Waals surface area contributed by atoms with Gasteiger partial charge in [-0.1, -0.05) is 18.9 Å². The van der Waals surface area contributed by atoms with Crippen LogP contribution in [0.4, 0.5) is 0 Å². The predicted octanol–water partition coefficient (Wildman–Crippen LogP) is 4.15. The molecule has 1 heterocycles. The third-order valence-corrected chi connectivity index (χ3v) is 9.14. The first kappa shape index (κ1) is 14.3. The number of carbonyl (C=O) groups is 1. The quantitative estimate of drug-likeness (QED) is 0.726. The minimum absolute atomic E-state index is 0.118. The fourth-order valence-electron chi connectivity index (χ4n) is 7.25. The van der Waals surface area contributed by atoms with Gasteiger partial charge < -0.3 is 0 Å². The van der Waals surface area contributed by atoms with Crippen molar-refractivity contribution in [1.82, 2.24) is 4.31 Å². The molecule has 6 atom stereocenters. The van der Waals surface area contributed by atoms with Crippen LogP contribution in [0.15, 0.2) is 0 Å². The van der Waals surface area contributed by atoms with Crippen molar-refractivity contribution in [2.75, 3.05) is 18.8 Å².